The zero-order valence-electron chi connectivity index (χ0n) is 18.8. The van der Waals surface area contributed by atoms with Gasteiger partial charge in [-0.15, -0.1) is 0 Å². The number of carbonyl (C=O) groups excluding carboxylic acids is 1. The Hall–Kier alpha value is -1.11. The summed E-state index contributed by atoms with van der Waals surface area (Å²) in [6, 6.07) is 0. The standard InChI is InChI=1S/C27H44O/c1-4-10-25(26-15-8-13-24(21-26)18-17-22(2)3)14-9-16-27(28)20-19-23-11-6-5-7-12-23/h5-7,11,15,22-25H,4,8-10,12-14,16-21H2,1-3H3. The van der Waals surface area contributed by atoms with Gasteiger partial charge < -0.3 is 0 Å². The van der Waals surface area contributed by atoms with Gasteiger partial charge >= 0.3 is 0 Å². The van der Waals surface area contributed by atoms with E-state index >= 15 is 0 Å². The smallest absolute Gasteiger partial charge is 0.132 e. The van der Waals surface area contributed by atoms with E-state index in [4.69, 9.17) is 0 Å². The SMILES string of the molecule is CCCC(CCCC(=O)CCC1C=CC=CC1)C1=CCCC(CCC(C)C)C1. The molecule has 0 heterocycles. The highest BCUT2D eigenvalue weighted by atomic mass is 16.1. The Balaban J connectivity index is 1.71. The highest BCUT2D eigenvalue weighted by Gasteiger charge is 2.21. The van der Waals surface area contributed by atoms with E-state index < -0.39 is 0 Å². The van der Waals surface area contributed by atoms with Crippen molar-refractivity contribution in [3.63, 3.8) is 0 Å². The zero-order valence-corrected chi connectivity index (χ0v) is 18.8. The van der Waals surface area contributed by atoms with Gasteiger partial charge in [-0.05, 0) is 81.5 Å². The van der Waals surface area contributed by atoms with Gasteiger partial charge in [0.2, 0.25) is 0 Å². The molecule has 0 aromatic carbocycles. The van der Waals surface area contributed by atoms with Crippen LogP contribution in [0.5, 0.6) is 0 Å². The molecule has 0 spiro atoms. The van der Waals surface area contributed by atoms with Gasteiger partial charge in [-0.2, -0.15) is 0 Å². The van der Waals surface area contributed by atoms with Crippen LogP contribution in [0.15, 0.2) is 36.0 Å². The molecule has 0 aromatic rings. The molecule has 0 amide bonds. The van der Waals surface area contributed by atoms with Gasteiger partial charge in [0.1, 0.15) is 5.78 Å². The predicted octanol–water partition coefficient (Wildman–Crippen LogP) is 8.22. The number of hydrogen-bond donors (Lipinski definition) is 0. The Bertz CT molecular complexity index is 536. The molecule has 0 bridgehead atoms. The van der Waals surface area contributed by atoms with Crippen LogP contribution in [0, 0.1) is 23.7 Å². The number of carbonyl (C=O) groups is 1. The summed E-state index contributed by atoms with van der Waals surface area (Å²) in [6.07, 6.45) is 26.6. The van der Waals surface area contributed by atoms with Crippen molar-refractivity contribution in [3.8, 4) is 0 Å². The first kappa shape index (κ1) is 23.2. The van der Waals surface area contributed by atoms with Crippen LogP contribution in [0.1, 0.15) is 104 Å². The van der Waals surface area contributed by atoms with E-state index in [0.717, 1.165) is 49.9 Å². The average Bonchev–Trinajstić information content (AvgIpc) is 2.71. The molecule has 0 radical (unpaired) electrons. The van der Waals surface area contributed by atoms with E-state index in [2.05, 4.69) is 51.2 Å². The first-order valence-electron chi connectivity index (χ1n) is 12.1. The van der Waals surface area contributed by atoms with E-state index in [1.165, 1.54) is 51.4 Å². The van der Waals surface area contributed by atoms with Crippen LogP contribution in [-0.4, -0.2) is 5.78 Å². The largest absolute Gasteiger partial charge is 0.300 e. The predicted molar refractivity (Wildman–Crippen MR) is 122 cm³/mol. The maximum atomic E-state index is 12.3. The molecule has 28 heavy (non-hydrogen) atoms. The van der Waals surface area contributed by atoms with Gasteiger partial charge in [-0.1, -0.05) is 69.6 Å². The topological polar surface area (TPSA) is 17.1 Å². The number of ketones is 1. The summed E-state index contributed by atoms with van der Waals surface area (Å²) in [5.41, 5.74) is 1.73. The number of allylic oxidation sites excluding steroid dienone is 6. The second-order valence-corrected chi connectivity index (χ2v) is 9.66. The molecule has 1 nitrogen and oxygen atoms in total. The van der Waals surface area contributed by atoms with Crippen LogP contribution >= 0.6 is 0 Å². The summed E-state index contributed by atoms with van der Waals surface area (Å²) in [5, 5.41) is 0. The van der Waals surface area contributed by atoms with Crippen molar-refractivity contribution in [2.75, 3.05) is 0 Å². The number of hydrogen-bond acceptors (Lipinski definition) is 1. The molecule has 2 rings (SSSR count). The Morgan fingerprint density at radius 3 is 2.68 bits per heavy atom. The molecule has 158 valence electrons. The lowest BCUT2D eigenvalue weighted by Gasteiger charge is -2.29. The van der Waals surface area contributed by atoms with Crippen molar-refractivity contribution in [3.05, 3.63) is 36.0 Å². The van der Waals surface area contributed by atoms with Crippen LogP contribution in [-0.2, 0) is 4.79 Å². The third-order valence-electron chi connectivity index (χ3n) is 6.69. The molecule has 0 fully saturated rings. The first-order valence-corrected chi connectivity index (χ1v) is 12.1. The second-order valence-electron chi connectivity index (χ2n) is 9.66. The molecule has 0 aromatic heterocycles. The maximum absolute atomic E-state index is 12.3. The quantitative estimate of drug-likeness (QED) is 0.292. The first-order chi connectivity index (χ1) is 13.6. The van der Waals surface area contributed by atoms with Gasteiger partial charge in [-0.3, -0.25) is 4.79 Å². The highest BCUT2D eigenvalue weighted by molar-refractivity contribution is 5.78. The van der Waals surface area contributed by atoms with Crippen molar-refractivity contribution in [2.45, 2.75) is 104 Å². The normalized spacial score (nSPS) is 23.1. The van der Waals surface area contributed by atoms with E-state index in [1.807, 2.05) is 0 Å². The van der Waals surface area contributed by atoms with Crippen molar-refractivity contribution in [2.24, 2.45) is 23.7 Å². The Morgan fingerprint density at radius 1 is 1.11 bits per heavy atom. The van der Waals surface area contributed by atoms with E-state index in [0.29, 0.717) is 11.7 Å². The van der Waals surface area contributed by atoms with Gasteiger partial charge in [0.05, 0.1) is 0 Å². The lowest BCUT2D eigenvalue weighted by atomic mass is 9.77. The van der Waals surface area contributed by atoms with E-state index in [9.17, 15) is 4.79 Å². The summed E-state index contributed by atoms with van der Waals surface area (Å²) in [7, 11) is 0. The fourth-order valence-electron chi connectivity index (χ4n) is 4.90. The summed E-state index contributed by atoms with van der Waals surface area (Å²) in [4.78, 5) is 12.3. The van der Waals surface area contributed by atoms with Gasteiger partial charge in [0.15, 0.2) is 0 Å². The lowest BCUT2D eigenvalue weighted by Crippen LogP contribution is -2.15. The fourth-order valence-corrected chi connectivity index (χ4v) is 4.90. The molecule has 3 unspecified atom stereocenters. The van der Waals surface area contributed by atoms with Gasteiger partial charge in [-0.25, -0.2) is 0 Å². The minimum Gasteiger partial charge on any atom is -0.300 e. The molecule has 0 saturated carbocycles. The van der Waals surface area contributed by atoms with Crippen LogP contribution < -0.4 is 0 Å². The van der Waals surface area contributed by atoms with Crippen LogP contribution in [0.25, 0.3) is 0 Å². The minimum absolute atomic E-state index is 0.477. The van der Waals surface area contributed by atoms with Crippen molar-refractivity contribution in [1.82, 2.24) is 0 Å². The molecule has 0 N–H and O–H groups in total. The highest BCUT2D eigenvalue weighted by Crippen LogP contribution is 2.36. The van der Waals surface area contributed by atoms with Crippen molar-refractivity contribution >= 4 is 5.78 Å². The summed E-state index contributed by atoms with van der Waals surface area (Å²) in [5.74, 6) is 3.52. The number of rotatable bonds is 13. The summed E-state index contributed by atoms with van der Waals surface area (Å²) in [6.45, 7) is 7.00. The molecular weight excluding hydrogens is 340 g/mol. The summed E-state index contributed by atoms with van der Waals surface area (Å²) < 4.78 is 0. The average molecular weight is 385 g/mol. The molecular formula is C27H44O. The second kappa shape index (κ2) is 13.2. The molecule has 2 aliphatic carbocycles. The lowest BCUT2D eigenvalue weighted by molar-refractivity contribution is -0.119. The maximum Gasteiger partial charge on any atom is 0.132 e. The van der Waals surface area contributed by atoms with Crippen LogP contribution in [0.2, 0.25) is 0 Å². The molecule has 3 atom stereocenters. The summed E-state index contributed by atoms with van der Waals surface area (Å²) >= 11 is 0. The van der Waals surface area contributed by atoms with Crippen LogP contribution in [0.4, 0.5) is 0 Å². The fraction of sp³-hybridized carbons (Fsp3) is 0.741. The minimum atomic E-state index is 0.477. The van der Waals surface area contributed by atoms with Gasteiger partial charge in [0.25, 0.3) is 0 Å². The third-order valence-corrected chi connectivity index (χ3v) is 6.69. The molecule has 0 aliphatic heterocycles. The Morgan fingerprint density at radius 2 is 1.96 bits per heavy atom. The third kappa shape index (κ3) is 8.93. The molecule has 1 heteroatoms. The van der Waals surface area contributed by atoms with Crippen LogP contribution in [0.3, 0.4) is 0 Å². The van der Waals surface area contributed by atoms with Crippen molar-refractivity contribution < 1.29 is 4.79 Å². The van der Waals surface area contributed by atoms with Crippen molar-refractivity contribution in [1.29, 1.82) is 0 Å². The monoisotopic (exact) mass is 384 g/mol. The Kier molecular flexibility index (Phi) is 10.9. The molecule has 2 aliphatic rings. The zero-order chi connectivity index (χ0) is 20.2. The van der Waals surface area contributed by atoms with Gasteiger partial charge in [0, 0.05) is 12.8 Å². The van der Waals surface area contributed by atoms with E-state index in [-0.39, 0.29) is 0 Å². The number of Topliss-reactive ketones (excluding diaryl/α,β-unsaturated/α-hetero) is 1. The Labute approximate surface area is 174 Å². The molecule has 0 saturated heterocycles. The van der Waals surface area contributed by atoms with E-state index in [1.54, 1.807) is 5.57 Å².